The van der Waals surface area contributed by atoms with Crippen LogP contribution in [0.15, 0.2) is 88.4 Å². The second-order valence-corrected chi connectivity index (χ2v) is 8.39. The molecule has 1 atom stereocenters. The third kappa shape index (κ3) is 4.91. The first-order valence-electron chi connectivity index (χ1n) is 10.1. The molecule has 156 valence electrons. The molecule has 0 aliphatic rings. The number of nitrogens with one attached hydrogen (secondary N) is 1. The number of fused-ring (bicyclic) bond motifs is 1. The molecule has 1 N–H and O–H groups in total. The quantitative estimate of drug-likeness (QED) is 0.437. The number of hydrogen-bond acceptors (Lipinski definition) is 3. The Balaban J connectivity index is 1.52. The topological polar surface area (TPSA) is 64.0 Å². The molecule has 0 radical (unpaired) electrons. The first-order valence-corrected chi connectivity index (χ1v) is 10.9. The molecule has 0 spiro atoms. The Labute approximate surface area is 188 Å². The minimum atomic E-state index is -0.253. The number of rotatable bonds is 6. The zero-order chi connectivity index (χ0) is 21.8. The molecule has 0 fully saturated rings. The number of carbonyl (C=O) groups is 1. The average molecular weight is 476 g/mol. The second kappa shape index (κ2) is 9.27. The van der Waals surface area contributed by atoms with Crippen molar-refractivity contribution in [1.82, 2.24) is 14.9 Å². The molecular formula is C25H22BrN3O2. The molecule has 1 aromatic heterocycles. The molecule has 5 nitrogen and oxygen atoms in total. The number of halogens is 1. The van der Waals surface area contributed by atoms with Gasteiger partial charge in [0.25, 0.3) is 5.56 Å². The molecule has 1 unspecified atom stereocenters. The third-order valence-corrected chi connectivity index (χ3v) is 5.71. The first-order chi connectivity index (χ1) is 15.0. The predicted molar refractivity (Wildman–Crippen MR) is 126 cm³/mol. The number of aryl methyl sites for hydroxylation is 2. The Bertz CT molecular complexity index is 1270. The highest BCUT2D eigenvalue weighted by Crippen LogP contribution is 2.22. The Kier molecular flexibility index (Phi) is 6.28. The van der Waals surface area contributed by atoms with Crippen LogP contribution in [0.3, 0.4) is 0 Å². The Morgan fingerprint density at radius 3 is 2.48 bits per heavy atom. The van der Waals surface area contributed by atoms with E-state index in [1.54, 1.807) is 12.1 Å². The Morgan fingerprint density at radius 1 is 1.03 bits per heavy atom. The van der Waals surface area contributed by atoms with Crippen molar-refractivity contribution < 1.29 is 4.79 Å². The van der Waals surface area contributed by atoms with E-state index < -0.39 is 0 Å². The van der Waals surface area contributed by atoms with Crippen LogP contribution in [0.4, 0.5) is 0 Å². The largest absolute Gasteiger partial charge is 0.345 e. The monoisotopic (exact) mass is 475 g/mol. The maximum atomic E-state index is 12.8. The van der Waals surface area contributed by atoms with Crippen molar-refractivity contribution >= 4 is 32.7 Å². The molecular weight excluding hydrogens is 454 g/mol. The van der Waals surface area contributed by atoms with Gasteiger partial charge < -0.3 is 5.32 Å². The van der Waals surface area contributed by atoms with Gasteiger partial charge in [-0.25, -0.2) is 4.98 Å². The molecule has 4 rings (SSSR count). The standard InChI is InChI=1S/C25H22BrN3O2/c1-17-7-9-19(10-8-17)24(18-5-3-2-4-6-18)28-23(30)13-14-29-16-27-22-12-11-20(26)15-21(22)25(29)31/h2-12,15-16,24H,13-14H2,1H3,(H,28,30). The van der Waals surface area contributed by atoms with Crippen LogP contribution in [0, 0.1) is 6.92 Å². The lowest BCUT2D eigenvalue weighted by Gasteiger charge is -2.20. The van der Waals surface area contributed by atoms with E-state index in [1.807, 2.05) is 67.6 Å². The number of hydrogen-bond donors (Lipinski definition) is 1. The maximum absolute atomic E-state index is 12.8. The van der Waals surface area contributed by atoms with Gasteiger partial charge in [0.15, 0.2) is 0 Å². The fourth-order valence-electron chi connectivity index (χ4n) is 3.51. The summed E-state index contributed by atoms with van der Waals surface area (Å²) in [6, 6.07) is 23.2. The Morgan fingerprint density at radius 2 is 1.74 bits per heavy atom. The lowest BCUT2D eigenvalue weighted by atomic mass is 9.97. The van der Waals surface area contributed by atoms with E-state index >= 15 is 0 Å². The Hall–Kier alpha value is -3.25. The van der Waals surface area contributed by atoms with Crippen LogP contribution in [0.25, 0.3) is 10.9 Å². The van der Waals surface area contributed by atoms with E-state index in [9.17, 15) is 9.59 Å². The van der Waals surface area contributed by atoms with Crippen LogP contribution in [-0.4, -0.2) is 15.5 Å². The van der Waals surface area contributed by atoms with Crippen molar-refractivity contribution in [3.05, 3.63) is 111 Å². The molecule has 0 aliphatic heterocycles. The van der Waals surface area contributed by atoms with Gasteiger partial charge in [-0.05, 0) is 36.2 Å². The summed E-state index contributed by atoms with van der Waals surface area (Å²) in [5, 5.41) is 3.65. The summed E-state index contributed by atoms with van der Waals surface area (Å²) in [6.07, 6.45) is 1.68. The fraction of sp³-hybridized carbons (Fsp3) is 0.160. The van der Waals surface area contributed by atoms with Crippen molar-refractivity contribution in [3.63, 3.8) is 0 Å². The lowest BCUT2D eigenvalue weighted by molar-refractivity contribution is -0.121. The molecule has 0 aliphatic carbocycles. The summed E-state index contributed by atoms with van der Waals surface area (Å²) in [7, 11) is 0. The highest BCUT2D eigenvalue weighted by molar-refractivity contribution is 9.10. The molecule has 0 saturated carbocycles. The summed E-state index contributed by atoms with van der Waals surface area (Å²) in [5.74, 6) is -0.129. The van der Waals surface area contributed by atoms with Gasteiger partial charge in [-0.15, -0.1) is 0 Å². The summed E-state index contributed by atoms with van der Waals surface area (Å²) in [6.45, 7) is 2.29. The van der Waals surface area contributed by atoms with Crippen LogP contribution in [0.5, 0.6) is 0 Å². The van der Waals surface area contributed by atoms with Gasteiger partial charge in [-0.2, -0.15) is 0 Å². The smallest absolute Gasteiger partial charge is 0.261 e. The third-order valence-electron chi connectivity index (χ3n) is 5.21. The summed E-state index contributed by atoms with van der Waals surface area (Å²) >= 11 is 3.39. The van der Waals surface area contributed by atoms with Gasteiger partial charge in [0.2, 0.25) is 5.91 Å². The van der Waals surface area contributed by atoms with Crippen molar-refractivity contribution in [2.75, 3.05) is 0 Å². The van der Waals surface area contributed by atoms with E-state index in [1.165, 1.54) is 10.9 Å². The molecule has 1 heterocycles. The first kappa shape index (κ1) is 21.0. The van der Waals surface area contributed by atoms with Crippen LogP contribution < -0.4 is 10.9 Å². The average Bonchev–Trinajstić information content (AvgIpc) is 2.79. The van der Waals surface area contributed by atoms with Crippen molar-refractivity contribution in [3.8, 4) is 0 Å². The zero-order valence-electron chi connectivity index (χ0n) is 17.1. The van der Waals surface area contributed by atoms with Gasteiger partial charge >= 0.3 is 0 Å². The summed E-state index contributed by atoms with van der Waals surface area (Å²) in [4.78, 5) is 29.9. The van der Waals surface area contributed by atoms with Gasteiger partial charge in [0, 0.05) is 17.4 Å². The number of nitrogens with zero attached hydrogens (tertiary/aromatic N) is 2. The lowest BCUT2D eigenvalue weighted by Crippen LogP contribution is -2.31. The second-order valence-electron chi connectivity index (χ2n) is 7.48. The van der Waals surface area contributed by atoms with Gasteiger partial charge in [-0.1, -0.05) is 76.1 Å². The maximum Gasteiger partial charge on any atom is 0.261 e. The molecule has 1 amide bonds. The van der Waals surface area contributed by atoms with E-state index in [2.05, 4.69) is 26.2 Å². The van der Waals surface area contributed by atoms with Crippen LogP contribution in [-0.2, 0) is 11.3 Å². The van der Waals surface area contributed by atoms with E-state index in [0.717, 1.165) is 21.2 Å². The number of aromatic nitrogens is 2. The van der Waals surface area contributed by atoms with E-state index in [0.29, 0.717) is 10.9 Å². The molecule has 6 heteroatoms. The van der Waals surface area contributed by atoms with Crippen molar-refractivity contribution in [2.24, 2.45) is 0 Å². The molecule has 4 aromatic rings. The van der Waals surface area contributed by atoms with E-state index in [4.69, 9.17) is 0 Å². The highest BCUT2D eigenvalue weighted by atomic mass is 79.9. The number of carbonyl (C=O) groups excluding carboxylic acids is 1. The van der Waals surface area contributed by atoms with Gasteiger partial charge in [0.05, 0.1) is 23.3 Å². The van der Waals surface area contributed by atoms with E-state index in [-0.39, 0.29) is 30.5 Å². The van der Waals surface area contributed by atoms with Crippen LogP contribution in [0.2, 0.25) is 0 Å². The minimum Gasteiger partial charge on any atom is -0.345 e. The zero-order valence-corrected chi connectivity index (χ0v) is 18.7. The molecule has 31 heavy (non-hydrogen) atoms. The highest BCUT2D eigenvalue weighted by Gasteiger charge is 2.17. The van der Waals surface area contributed by atoms with Crippen LogP contribution >= 0.6 is 15.9 Å². The van der Waals surface area contributed by atoms with Crippen molar-refractivity contribution in [2.45, 2.75) is 25.9 Å². The normalized spacial score (nSPS) is 11.9. The number of benzene rings is 3. The fourth-order valence-corrected chi connectivity index (χ4v) is 3.87. The van der Waals surface area contributed by atoms with Crippen molar-refractivity contribution in [1.29, 1.82) is 0 Å². The molecule has 3 aromatic carbocycles. The summed E-state index contributed by atoms with van der Waals surface area (Å²) in [5.41, 5.74) is 3.67. The van der Waals surface area contributed by atoms with Gasteiger partial charge in [0.1, 0.15) is 0 Å². The van der Waals surface area contributed by atoms with Gasteiger partial charge in [-0.3, -0.25) is 14.2 Å². The molecule has 0 saturated heterocycles. The minimum absolute atomic E-state index is 0.129. The SMILES string of the molecule is Cc1ccc(C(NC(=O)CCn2cnc3ccc(Br)cc3c2=O)c2ccccc2)cc1. The predicted octanol–water partition coefficient (Wildman–Crippen LogP) is 4.76. The summed E-state index contributed by atoms with van der Waals surface area (Å²) < 4.78 is 2.30. The number of amides is 1. The molecule has 0 bridgehead atoms. The van der Waals surface area contributed by atoms with Crippen LogP contribution in [0.1, 0.15) is 29.2 Å².